The molecule has 0 fully saturated rings. The minimum atomic E-state index is -2.36. The lowest BCUT2D eigenvalue weighted by molar-refractivity contribution is -0.116. The van der Waals surface area contributed by atoms with Crippen LogP contribution in [0.25, 0.3) is 0 Å². The van der Waals surface area contributed by atoms with Gasteiger partial charge >= 0.3 is 0 Å². The molecule has 4 nitrogen and oxygen atoms in total. The van der Waals surface area contributed by atoms with Gasteiger partial charge < -0.3 is 16.0 Å². The van der Waals surface area contributed by atoms with Gasteiger partial charge in [0.15, 0.2) is 0 Å². The maximum Gasteiger partial charge on any atom is 0.251 e. The summed E-state index contributed by atoms with van der Waals surface area (Å²) < 4.78 is 24.2. The van der Waals surface area contributed by atoms with Crippen molar-refractivity contribution in [3.63, 3.8) is 0 Å². The van der Waals surface area contributed by atoms with Crippen LogP contribution in [0.3, 0.4) is 0 Å². The molecule has 0 aliphatic heterocycles. The van der Waals surface area contributed by atoms with E-state index in [-0.39, 0.29) is 18.9 Å². The zero-order valence-corrected chi connectivity index (χ0v) is 12.0. The summed E-state index contributed by atoms with van der Waals surface area (Å²) in [4.78, 5) is 13.2. The van der Waals surface area contributed by atoms with Crippen molar-refractivity contribution < 1.29 is 13.6 Å². The Morgan fingerprint density at radius 3 is 2.80 bits per heavy atom. The van der Waals surface area contributed by atoms with Gasteiger partial charge in [0.05, 0.1) is 17.3 Å². The van der Waals surface area contributed by atoms with Gasteiger partial charge in [-0.15, -0.1) is 0 Å². The standard InChI is InChI=1S/C13H18ClF2N3O/c1-19(8-12(15)16)6-2-3-13(20)18-9-4-5-10(14)11(17)7-9/h4-5,7,12H,2-3,6,8,17H2,1H3,(H,18,20). The molecule has 1 rings (SSSR count). The Morgan fingerprint density at radius 1 is 1.50 bits per heavy atom. The van der Waals surface area contributed by atoms with Crippen LogP contribution in [-0.2, 0) is 4.79 Å². The summed E-state index contributed by atoms with van der Waals surface area (Å²) in [6.07, 6.45) is -1.58. The molecular formula is C13H18ClF2N3O. The molecule has 20 heavy (non-hydrogen) atoms. The van der Waals surface area contributed by atoms with Crippen molar-refractivity contribution in [2.24, 2.45) is 0 Å². The number of nitrogens with one attached hydrogen (secondary N) is 1. The molecule has 0 aromatic heterocycles. The van der Waals surface area contributed by atoms with E-state index in [9.17, 15) is 13.6 Å². The number of benzene rings is 1. The third kappa shape index (κ3) is 6.16. The number of nitrogens with two attached hydrogens (primary N) is 1. The lowest BCUT2D eigenvalue weighted by Gasteiger charge is -2.15. The van der Waals surface area contributed by atoms with Gasteiger partial charge in [0.25, 0.3) is 6.43 Å². The van der Waals surface area contributed by atoms with E-state index >= 15 is 0 Å². The Bertz CT molecular complexity index is 457. The van der Waals surface area contributed by atoms with Crippen LogP contribution in [0.1, 0.15) is 12.8 Å². The van der Waals surface area contributed by atoms with Gasteiger partial charge in [-0.3, -0.25) is 4.79 Å². The van der Waals surface area contributed by atoms with Gasteiger partial charge in [0.1, 0.15) is 0 Å². The topological polar surface area (TPSA) is 58.4 Å². The van der Waals surface area contributed by atoms with E-state index in [2.05, 4.69) is 5.32 Å². The Balaban J connectivity index is 2.31. The summed E-state index contributed by atoms with van der Waals surface area (Å²) >= 11 is 5.77. The highest BCUT2D eigenvalue weighted by Crippen LogP contribution is 2.22. The van der Waals surface area contributed by atoms with Crippen LogP contribution in [0.2, 0.25) is 5.02 Å². The lowest BCUT2D eigenvalue weighted by Crippen LogP contribution is -2.26. The Kier molecular flexibility index (Phi) is 6.67. The molecule has 0 bridgehead atoms. The first kappa shape index (κ1) is 16.7. The maximum atomic E-state index is 12.1. The number of carbonyl (C=O) groups excluding carboxylic acids is 1. The molecule has 3 N–H and O–H groups in total. The Hall–Kier alpha value is -1.40. The van der Waals surface area contributed by atoms with Crippen molar-refractivity contribution in [3.05, 3.63) is 23.2 Å². The molecule has 112 valence electrons. The summed E-state index contributed by atoms with van der Waals surface area (Å²) in [5.74, 6) is -0.183. The molecule has 0 saturated carbocycles. The van der Waals surface area contributed by atoms with E-state index in [1.165, 1.54) is 4.90 Å². The first-order valence-corrected chi connectivity index (χ1v) is 6.58. The lowest BCUT2D eigenvalue weighted by atomic mass is 10.2. The smallest absolute Gasteiger partial charge is 0.251 e. The van der Waals surface area contributed by atoms with Crippen LogP contribution in [-0.4, -0.2) is 37.4 Å². The predicted molar refractivity (Wildman–Crippen MR) is 77.2 cm³/mol. The van der Waals surface area contributed by atoms with Gasteiger partial charge in [-0.1, -0.05) is 11.6 Å². The van der Waals surface area contributed by atoms with Gasteiger partial charge in [-0.05, 0) is 38.2 Å². The van der Waals surface area contributed by atoms with Crippen molar-refractivity contribution >= 4 is 28.9 Å². The minimum absolute atomic E-state index is 0.183. The van der Waals surface area contributed by atoms with E-state index in [0.717, 1.165) is 0 Å². The van der Waals surface area contributed by atoms with E-state index < -0.39 is 6.43 Å². The fraction of sp³-hybridized carbons (Fsp3) is 0.462. The molecule has 0 aliphatic rings. The molecule has 0 atom stereocenters. The highest BCUT2D eigenvalue weighted by atomic mass is 35.5. The number of anilines is 2. The molecule has 0 spiro atoms. The van der Waals surface area contributed by atoms with E-state index in [1.807, 2.05) is 0 Å². The minimum Gasteiger partial charge on any atom is -0.397 e. The summed E-state index contributed by atoms with van der Waals surface area (Å²) in [5.41, 5.74) is 6.58. The quantitative estimate of drug-likeness (QED) is 0.762. The Labute approximate surface area is 121 Å². The monoisotopic (exact) mass is 305 g/mol. The third-order valence-electron chi connectivity index (χ3n) is 2.67. The highest BCUT2D eigenvalue weighted by Gasteiger charge is 2.09. The fourth-order valence-corrected chi connectivity index (χ4v) is 1.80. The SMILES string of the molecule is CN(CCCC(=O)Nc1ccc(Cl)c(N)c1)CC(F)F. The van der Waals surface area contributed by atoms with Crippen molar-refractivity contribution in [1.29, 1.82) is 0 Å². The molecule has 7 heteroatoms. The van der Waals surface area contributed by atoms with Crippen LogP contribution in [0, 0.1) is 0 Å². The largest absolute Gasteiger partial charge is 0.397 e. The second-order valence-electron chi connectivity index (χ2n) is 4.54. The van der Waals surface area contributed by atoms with Crippen molar-refractivity contribution in [3.8, 4) is 0 Å². The number of amides is 1. The molecule has 0 heterocycles. The summed E-state index contributed by atoms with van der Waals surface area (Å²) in [6, 6.07) is 4.82. The number of nitrogen functional groups attached to an aromatic ring is 1. The number of rotatable bonds is 7. The number of nitrogens with zero attached hydrogens (tertiary/aromatic N) is 1. The van der Waals surface area contributed by atoms with Crippen LogP contribution in [0.15, 0.2) is 18.2 Å². The van der Waals surface area contributed by atoms with Gasteiger partial charge in [0, 0.05) is 12.1 Å². The highest BCUT2D eigenvalue weighted by molar-refractivity contribution is 6.33. The molecule has 0 unspecified atom stereocenters. The van der Waals surface area contributed by atoms with Gasteiger partial charge in [0.2, 0.25) is 5.91 Å². The molecule has 0 radical (unpaired) electrons. The molecule has 1 amide bonds. The van der Waals surface area contributed by atoms with Crippen LogP contribution in [0.5, 0.6) is 0 Å². The summed E-state index contributed by atoms with van der Waals surface area (Å²) in [6.45, 7) is 0.163. The van der Waals surface area contributed by atoms with Crippen LogP contribution >= 0.6 is 11.6 Å². The second kappa shape index (κ2) is 8.01. The van der Waals surface area contributed by atoms with Gasteiger partial charge in [-0.25, -0.2) is 8.78 Å². The zero-order chi connectivity index (χ0) is 15.1. The van der Waals surface area contributed by atoms with E-state index in [4.69, 9.17) is 17.3 Å². The van der Waals surface area contributed by atoms with Crippen molar-refractivity contribution in [1.82, 2.24) is 4.90 Å². The molecular weight excluding hydrogens is 288 g/mol. The zero-order valence-electron chi connectivity index (χ0n) is 11.2. The first-order valence-electron chi connectivity index (χ1n) is 6.20. The van der Waals surface area contributed by atoms with Crippen LogP contribution < -0.4 is 11.1 Å². The fourth-order valence-electron chi connectivity index (χ4n) is 1.68. The molecule has 1 aromatic carbocycles. The normalized spacial score (nSPS) is 11.1. The van der Waals surface area contributed by atoms with E-state index in [0.29, 0.717) is 29.4 Å². The molecule has 0 aliphatic carbocycles. The average molecular weight is 306 g/mol. The van der Waals surface area contributed by atoms with E-state index in [1.54, 1.807) is 25.2 Å². The summed E-state index contributed by atoms with van der Waals surface area (Å²) in [7, 11) is 1.60. The molecule has 1 aromatic rings. The molecule has 0 saturated heterocycles. The van der Waals surface area contributed by atoms with Gasteiger partial charge in [-0.2, -0.15) is 0 Å². The van der Waals surface area contributed by atoms with Crippen molar-refractivity contribution in [2.45, 2.75) is 19.3 Å². The maximum absolute atomic E-state index is 12.1. The predicted octanol–water partition coefficient (Wildman–Crippen LogP) is 2.84. The van der Waals surface area contributed by atoms with Crippen molar-refractivity contribution in [2.75, 3.05) is 31.2 Å². The third-order valence-corrected chi connectivity index (χ3v) is 3.02. The number of halogens is 3. The average Bonchev–Trinajstić information content (AvgIpc) is 2.33. The summed E-state index contributed by atoms with van der Waals surface area (Å²) in [5, 5.41) is 3.11. The second-order valence-corrected chi connectivity index (χ2v) is 4.95. The number of hydrogen-bond donors (Lipinski definition) is 2. The first-order chi connectivity index (χ1) is 9.38. The number of hydrogen-bond acceptors (Lipinski definition) is 3. The number of alkyl halides is 2. The number of carbonyl (C=O) groups is 1. The Morgan fingerprint density at radius 2 is 2.20 bits per heavy atom. The van der Waals surface area contributed by atoms with Crippen LogP contribution in [0.4, 0.5) is 20.2 Å².